The molecule has 2 aliphatic heterocycles. The molecule has 7 heteroatoms. The second kappa shape index (κ2) is 10.7. The highest BCUT2D eigenvalue weighted by Crippen LogP contribution is 2.39. The molecular weight excluding hydrogens is 468 g/mol. The van der Waals surface area contributed by atoms with E-state index in [0.717, 1.165) is 34.1 Å². The Kier molecular flexibility index (Phi) is 7.77. The Morgan fingerprint density at radius 3 is 2.53 bits per heavy atom. The molecule has 6 nitrogen and oxygen atoms in total. The van der Waals surface area contributed by atoms with Crippen LogP contribution in [-0.4, -0.2) is 52.3 Å². The number of anilines is 1. The SMILES string of the molecule is C=CC(=O)N1C(C)CN(c2nc(SCCc3ccc(C)cc3)c(C#N)c3c2COC(C)(C)C3)CC1C. The van der Waals surface area contributed by atoms with Gasteiger partial charge < -0.3 is 14.5 Å². The molecule has 2 unspecified atom stereocenters. The van der Waals surface area contributed by atoms with Crippen molar-refractivity contribution in [1.82, 2.24) is 9.88 Å². The first-order valence-corrected chi connectivity index (χ1v) is 13.6. The van der Waals surface area contributed by atoms with E-state index in [0.29, 0.717) is 31.7 Å². The standard InChI is InChI=1S/C29H36N4O2S/c1-7-26(34)33-20(3)16-32(17-21(33)4)27-25-18-35-29(5,6)14-23(25)24(15-30)28(31-27)36-13-12-22-10-8-19(2)9-11-22/h7-11,20-21H,1,12-14,16-18H2,2-6H3. The largest absolute Gasteiger partial charge is 0.370 e. The fourth-order valence-corrected chi connectivity index (χ4v) is 6.26. The van der Waals surface area contributed by atoms with Gasteiger partial charge in [0.15, 0.2) is 0 Å². The van der Waals surface area contributed by atoms with Crippen LogP contribution in [-0.2, 0) is 29.0 Å². The van der Waals surface area contributed by atoms with E-state index in [9.17, 15) is 10.1 Å². The molecule has 190 valence electrons. The molecule has 1 aromatic carbocycles. The van der Waals surface area contributed by atoms with Crippen molar-refractivity contribution in [2.75, 3.05) is 23.7 Å². The fourth-order valence-electron chi connectivity index (χ4n) is 5.26. The molecule has 2 aliphatic rings. The Morgan fingerprint density at radius 1 is 1.25 bits per heavy atom. The number of nitrogens with zero attached hydrogens (tertiary/aromatic N) is 4. The predicted molar refractivity (Wildman–Crippen MR) is 145 cm³/mol. The number of carbonyl (C=O) groups is 1. The molecule has 0 spiro atoms. The van der Waals surface area contributed by atoms with E-state index >= 15 is 0 Å². The number of hydrogen-bond donors (Lipinski definition) is 0. The van der Waals surface area contributed by atoms with E-state index in [-0.39, 0.29) is 23.6 Å². The van der Waals surface area contributed by atoms with Crippen LogP contribution in [0.5, 0.6) is 0 Å². The van der Waals surface area contributed by atoms with Crippen LogP contribution in [0, 0.1) is 18.3 Å². The molecule has 1 saturated heterocycles. The Balaban J connectivity index is 1.67. The maximum Gasteiger partial charge on any atom is 0.246 e. The summed E-state index contributed by atoms with van der Waals surface area (Å²) in [5.41, 5.74) is 4.95. The monoisotopic (exact) mass is 504 g/mol. The van der Waals surface area contributed by atoms with Gasteiger partial charge in [0.2, 0.25) is 5.91 Å². The summed E-state index contributed by atoms with van der Waals surface area (Å²) >= 11 is 1.65. The molecule has 1 aromatic heterocycles. The van der Waals surface area contributed by atoms with Gasteiger partial charge in [-0.2, -0.15) is 5.26 Å². The lowest BCUT2D eigenvalue weighted by Crippen LogP contribution is -2.58. The predicted octanol–water partition coefficient (Wildman–Crippen LogP) is 5.06. The topological polar surface area (TPSA) is 69.5 Å². The molecule has 2 atom stereocenters. The molecule has 3 heterocycles. The molecule has 0 radical (unpaired) electrons. The summed E-state index contributed by atoms with van der Waals surface area (Å²) in [6, 6.07) is 11.1. The van der Waals surface area contributed by atoms with Crippen molar-refractivity contribution in [3.05, 3.63) is 64.7 Å². The van der Waals surface area contributed by atoms with Gasteiger partial charge in [0.05, 0.1) is 17.8 Å². The third-order valence-corrected chi connectivity index (χ3v) is 8.05. The number of aromatic nitrogens is 1. The van der Waals surface area contributed by atoms with Crippen molar-refractivity contribution in [2.24, 2.45) is 0 Å². The van der Waals surface area contributed by atoms with Crippen molar-refractivity contribution in [2.45, 2.75) is 76.8 Å². The van der Waals surface area contributed by atoms with Gasteiger partial charge in [-0.15, -0.1) is 11.8 Å². The average molecular weight is 505 g/mol. The molecule has 1 amide bonds. The van der Waals surface area contributed by atoms with Crippen LogP contribution in [0.3, 0.4) is 0 Å². The summed E-state index contributed by atoms with van der Waals surface area (Å²) in [4.78, 5) is 21.7. The van der Waals surface area contributed by atoms with Gasteiger partial charge in [0.1, 0.15) is 16.9 Å². The smallest absolute Gasteiger partial charge is 0.246 e. The van der Waals surface area contributed by atoms with Gasteiger partial charge in [-0.25, -0.2) is 4.98 Å². The molecule has 0 N–H and O–H groups in total. The number of pyridine rings is 1. The summed E-state index contributed by atoms with van der Waals surface area (Å²) in [6.07, 6.45) is 2.98. The van der Waals surface area contributed by atoms with Gasteiger partial charge in [-0.05, 0) is 58.2 Å². The molecule has 0 saturated carbocycles. The summed E-state index contributed by atoms with van der Waals surface area (Å²) in [5.74, 6) is 1.70. The highest BCUT2D eigenvalue weighted by Gasteiger charge is 2.37. The minimum atomic E-state index is -0.337. The first-order valence-electron chi connectivity index (χ1n) is 12.6. The van der Waals surface area contributed by atoms with Crippen LogP contribution in [0.4, 0.5) is 5.82 Å². The number of fused-ring (bicyclic) bond motifs is 1. The lowest BCUT2D eigenvalue weighted by molar-refractivity contribution is -0.130. The molecule has 0 bridgehead atoms. The van der Waals surface area contributed by atoms with Crippen LogP contribution in [0.1, 0.15) is 55.5 Å². The van der Waals surface area contributed by atoms with Crippen molar-refractivity contribution < 1.29 is 9.53 Å². The van der Waals surface area contributed by atoms with Gasteiger partial charge in [0, 0.05) is 42.9 Å². The van der Waals surface area contributed by atoms with Gasteiger partial charge in [-0.1, -0.05) is 36.4 Å². The molecule has 0 aliphatic carbocycles. The number of hydrogen-bond acceptors (Lipinski definition) is 6. The number of thioether (sulfide) groups is 1. The van der Waals surface area contributed by atoms with E-state index in [4.69, 9.17) is 9.72 Å². The second-order valence-electron chi connectivity index (χ2n) is 10.5. The fraction of sp³-hybridized carbons (Fsp3) is 0.483. The van der Waals surface area contributed by atoms with E-state index in [1.807, 2.05) is 4.90 Å². The number of ether oxygens (including phenoxy) is 1. The lowest BCUT2D eigenvalue weighted by Gasteiger charge is -2.45. The number of nitriles is 1. The summed E-state index contributed by atoms with van der Waals surface area (Å²) < 4.78 is 6.18. The van der Waals surface area contributed by atoms with Gasteiger partial charge >= 0.3 is 0 Å². The number of piperazine rings is 1. The molecule has 4 rings (SSSR count). The molecule has 36 heavy (non-hydrogen) atoms. The molecule has 1 fully saturated rings. The number of benzene rings is 1. The Morgan fingerprint density at radius 2 is 1.92 bits per heavy atom. The van der Waals surface area contributed by atoms with E-state index in [1.165, 1.54) is 17.2 Å². The lowest BCUT2D eigenvalue weighted by atomic mass is 9.89. The van der Waals surface area contributed by atoms with Crippen LogP contribution >= 0.6 is 11.8 Å². The van der Waals surface area contributed by atoms with Crippen LogP contribution in [0.25, 0.3) is 0 Å². The highest BCUT2D eigenvalue weighted by atomic mass is 32.2. The quantitative estimate of drug-likeness (QED) is 0.405. The average Bonchev–Trinajstić information content (AvgIpc) is 2.83. The number of carbonyl (C=O) groups excluding carboxylic acids is 1. The highest BCUT2D eigenvalue weighted by molar-refractivity contribution is 7.99. The first-order chi connectivity index (χ1) is 17.1. The maximum atomic E-state index is 12.4. The van der Waals surface area contributed by atoms with Gasteiger partial charge in [-0.3, -0.25) is 4.79 Å². The van der Waals surface area contributed by atoms with E-state index < -0.39 is 0 Å². The van der Waals surface area contributed by atoms with E-state index in [2.05, 4.69) is 76.4 Å². The Hall–Kier alpha value is -2.82. The number of amides is 1. The molecular formula is C29H36N4O2S. The summed E-state index contributed by atoms with van der Waals surface area (Å²) in [5, 5.41) is 11.0. The summed E-state index contributed by atoms with van der Waals surface area (Å²) in [6.45, 7) is 15.8. The van der Waals surface area contributed by atoms with Crippen LogP contribution < -0.4 is 4.90 Å². The third-order valence-electron chi connectivity index (χ3n) is 7.08. The van der Waals surface area contributed by atoms with Crippen molar-refractivity contribution in [3.63, 3.8) is 0 Å². The number of rotatable bonds is 6. The van der Waals surface area contributed by atoms with Crippen LogP contribution in [0.15, 0.2) is 41.9 Å². The first kappa shape index (κ1) is 26.2. The van der Waals surface area contributed by atoms with Gasteiger partial charge in [0.25, 0.3) is 0 Å². The zero-order valence-electron chi connectivity index (χ0n) is 22.0. The maximum absolute atomic E-state index is 12.4. The minimum absolute atomic E-state index is 0.0194. The van der Waals surface area contributed by atoms with E-state index in [1.54, 1.807) is 11.8 Å². The van der Waals surface area contributed by atoms with Crippen molar-refractivity contribution in [3.8, 4) is 6.07 Å². The normalized spacial score (nSPS) is 21.0. The van der Waals surface area contributed by atoms with Crippen molar-refractivity contribution >= 4 is 23.5 Å². The zero-order chi connectivity index (χ0) is 26.0. The minimum Gasteiger partial charge on any atom is -0.370 e. The Bertz CT molecular complexity index is 1170. The molecule has 2 aromatic rings. The number of aryl methyl sites for hydroxylation is 2. The third kappa shape index (κ3) is 5.45. The zero-order valence-corrected chi connectivity index (χ0v) is 22.8. The van der Waals surface area contributed by atoms with Crippen LogP contribution in [0.2, 0.25) is 0 Å². The second-order valence-corrected chi connectivity index (χ2v) is 11.6. The summed E-state index contributed by atoms with van der Waals surface area (Å²) in [7, 11) is 0. The Labute approximate surface area is 219 Å². The van der Waals surface area contributed by atoms with Crippen molar-refractivity contribution in [1.29, 1.82) is 5.26 Å².